The summed E-state index contributed by atoms with van der Waals surface area (Å²) >= 11 is 0. The van der Waals surface area contributed by atoms with Crippen LogP contribution in [0.2, 0.25) is 0 Å². The van der Waals surface area contributed by atoms with Crippen molar-refractivity contribution < 1.29 is 24.2 Å². The van der Waals surface area contributed by atoms with Gasteiger partial charge < -0.3 is 19.9 Å². The number of hydrogen-bond donors (Lipinski definition) is 2. The summed E-state index contributed by atoms with van der Waals surface area (Å²) in [6, 6.07) is 10.4. The topological polar surface area (TPSA) is 84.9 Å². The Morgan fingerprint density at radius 2 is 1.87 bits per heavy atom. The Bertz CT molecular complexity index is 785. The lowest BCUT2D eigenvalue weighted by Crippen LogP contribution is -2.18. The molecule has 0 aromatic heterocycles. The quantitative estimate of drug-likeness (QED) is 0.910. The van der Waals surface area contributed by atoms with Gasteiger partial charge in [0.1, 0.15) is 18.8 Å². The standard InChI is InChI=1S/C17H15NO5/c1-10(19)18-14-5-3-2-4-12(14)11-8-13(17(20)21)16-15(9-11)22-6-7-23-16/h2-5,8-9H,6-7H2,1H3,(H,18,19)(H,20,21). The molecule has 2 aromatic rings. The second kappa shape index (κ2) is 6.00. The van der Waals surface area contributed by atoms with Crippen molar-refractivity contribution in [3.63, 3.8) is 0 Å². The number of para-hydroxylation sites is 1. The molecule has 0 radical (unpaired) electrons. The van der Waals surface area contributed by atoms with Crippen molar-refractivity contribution in [1.82, 2.24) is 0 Å². The van der Waals surface area contributed by atoms with Crippen molar-refractivity contribution in [1.29, 1.82) is 0 Å². The van der Waals surface area contributed by atoms with Gasteiger partial charge in [-0.25, -0.2) is 4.79 Å². The first kappa shape index (κ1) is 14.9. The normalized spacial score (nSPS) is 12.6. The third kappa shape index (κ3) is 2.96. The number of carboxylic acids is 1. The third-order valence-corrected chi connectivity index (χ3v) is 3.42. The Balaban J connectivity index is 2.16. The number of benzene rings is 2. The Kier molecular flexibility index (Phi) is 3.89. The monoisotopic (exact) mass is 313 g/mol. The van der Waals surface area contributed by atoms with Crippen LogP contribution >= 0.6 is 0 Å². The van der Waals surface area contributed by atoms with Crippen LogP contribution in [0.15, 0.2) is 36.4 Å². The van der Waals surface area contributed by atoms with Gasteiger partial charge in [-0.05, 0) is 23.8 Å². The minimum Gasteiger partial charge on any atom is -0.486 e. The third-order valence-electron chi connectivity index (χ3n) is 3.42. The molecular weight excluding hydrogens is 298 g/mol. The molecule has 0 saturated carbocycles. The summed E-state index contributed by atoms with van der Waals surface area (Å²) in [7, 11) is 0. The molecular formula is C17H15NO5. The summed E-state index contributed by atoms with van der Waals surface area (Å²) in [6.45, 7) is 2.10. The number of anilines is 1. The first-order valence-corrected chi connectivity index (χ1v) is 7.10. The molecule has 0 atom stereocenters. The van der Waals surface area contributed by atoms with Gasteiger partial charge in [0.05, 0.1) is 0 Å². The molecule has 0 spiro atoms. The van der Waals surface area contributed by atoms with E-state index in [4.69, 9.17) is 9.47 Å². The first-order chi connectivity index (χ1) is 11.1. The van der Waals surface area contributed by atoms with E-state index in [1.165, 1.54) is 13.0 Å². The van der Waals surface area contributed by atoms with E-state index in [9.17, 15) is 14.7 Å². The van der Waals surface area contributed by atoms with Crippen LogP contribution in [-0.4, -0.2) is 30.2 Å². The number of carbonyl (C=O) groups excluding carboxylic acids is 1. The summed E-state index contributed by atoms with van der Waals surface area (Å²) in [5, 5.41) is 12.2. The Hall–Kier alpha value is -3.02. The number of rotatable bonds is 3. The Morgan fingerprint density at radius 3 is 2.61 bits per heavy atom. The summed E-state index contributed by atoms with van der Waals surface area (Å²) in [4.78, 5) is 22.9. The van der Waals surface area contributed by atoms with E-state index in [-0.39, 0.29) is 17.2 Å². The van der Waals surface area contributed by atoms with Crippen molar-refractivity contribution in [3.8, 4) is 22.6 Å². The molecule has 1 amide bonds. The molecule has 2 aromatic carbocycles. The van der Waals surface area contributed by atoms with Gasteiger partial charge in [-0.15, -0.1) is 0 Å². The lowest BCUT2D eigenvalue weighted by Gasteiger charge is -2.21. The van der Waals surface area contributed by atoms with E-state index >= 15 is 0 Å². The molecule has 0 saturated heterocycles. The van der Waals surface area contributed by atoms with Crippen LogP contribution in [0.5, 0.6) is 11.5 Å². The zero-order valence-electron chi connectivity index (χ0n) is 12.5. The summed E-state index contributed by atoms with van der Waals surface area (Å²) in [5.74, 6) is -0.660. The molecule has 1 heterocycles. The van der Waals surface area contributed by atoms with Gasteiger partial charge in [0.2, 0.25) is 5.91 Å². The molecule has 118 valence electrons. The lowest BCUT2D eigenvalue weighted by atomic mass is 9.99. The molecule has 0 fully saturated rings. The zero-order valence-corrected chi connectivity index (χ0v) is 12.5. The molecule has 23 heavy (non-hydrogen) atoms. The minimum atomic E-state index is -1.09. The highest BCUT2D eigenvalue weighted by molar-refractivity contribution is 5.97. The molecule has 6 heteroatoms. The Labute approximate surface area is 132 Å². The van der Waals surface area contributed by atoms with Gasteiger partial charge in [-0.2, -0.15) is 0 Å². The van der Waals surface area contributed by atoms with Gasteiger partial charge in [0.15, 0.2) is 11.5 Å². The van der Waals surface area contributed by atoms with E-state index in [2.05, 4.69) is 5.32 Å². The molecule has 0 bridgehead atoms. The number of ether oxygens (including phenoxy) is 2. The molecule has 1 aliphatic heterocycles. The summed E-state index contributed by atoms with van der Waals surface area (Å²) < 4.78 is 10.9. The van der Waals surface area contributed by atoms with Crippen molar-refractivity contribution in [2.75, 3.05) is 18.5 Å². The second-order valence-electron chi connectivity index (χ2n) is 5.08. The van der Waals surface area contributed by atoms with E-state index in [1.54, 1.807) is 18.2 Å². The highest BCUT2D eigenvalue weighted by atomic mass is 16.6. The van der Waals surface area contributed by atoms with Gasteiger partial charge >= 0.3 is 5.97 Å². The van der Waals surface area contributed by atoms with Crippen LogP contribution in [-0.2, 0) is 4.79 Å². The molecule has 6 nitrogen and oxygen atoms in total. The van der Waals surface area contributed by atoms with Gasteiger partial charge in [0.25, 0.3) is 0 Å². The number of fused-ring (bicyclic) bond motifs is 1. The summed E-state index contributed by atoms with van der Waals surface area (Å²) in [6.07, 6.45) is 0. The van der Waals surface area contributed by atoms with Crippen LogP contribution in [0.4, 0.5) is 5.69 Å². The average molecular weight is 313 g/mol. The van der Waals surface area contributed by atoms with E-state index < -0.39 is 5.97 Å². The number of carbonyl (C=O) groups is 2. The van der Waals surface area contributed by atoms with E-state index in [1.807, 2.05) is 12.1 Å². The van der Waals surface area contributed by atoms with Gasteiger partial charge in [0, 0.05) is 18.2 Å². The number of carboxylic acid groups (broad SMARTS) is 1. The average Bonchev–Trinajstić information content (AvgIpc) is 2.53. The van der Waals surface area contributed by atoms with Crippen molar-refractivity contribution in [3.05, 3.63) is 42.0 Å². The predicted molar refractivity (Wildman–Crippen MR) is 84.1 cm³/mol. The van der Waals surface area contributed by atoms with E-state index in [0.717, 1.165) is 0 Å². The fourth-order valence-corrected chi connectivity index (χ4v) is 2.50. The smallest absolute Gasteiger partial charge is 0.339 e. The maximum absolute atomic E-state index is 11.5. The number of amides is 1. The fraction of sp³-hybridized carbons (Fsp3) is 0.176. The van der Waals surface area contributed by atoms with E-state index in [0.29, 0.717) is 35.8 Å². The molecule has 0 aliphatic carbocycles. The van der Waals surface area contributed by atoms with Crippen LogP contribution < -0.4 is 14.8 Å². The van der Waals surface area contributed by atoms with Gasteiger partial charge in [-0.3, -0.25) is 4.79 Å². The molecule has 0 unspecified atom stereocenters. The largest absolute Gasteiger partial charge is 0.486 e. The molecule has 2 N–H and O–H groups in total. The summed E-state index contributed by atoms with van der Waals surface area (Å²) in [5.41, 5.74) is 1.99. The molecule has 1 aliphatic rings. The second-order valence-corrected chi connectivity index (χ2v) is 5.08. The van der Waals surface area contributed by atoms with Gasteiger partial charge in [-0.1, -0.05) is 18.2 Å². The highest BCUT2D eigenvalue weighted by Gasteiger charge is 2.23. The predicted octanol–water partition coefficient (Wildman–Crippen LogP) is 2.78. The van der Waals surface area contributed by atoms with Crippen LogP contribution in [0.1, 0.15) is 17.3 Å². The minimum absolute atomic E-state index is 0.0369. The van der Waals surface area contributed by atoms with Crippen LogP contribution in [0.25, 0.3) is 11.1 Å². The Morgan fingerprint density at radius 1 is 1.13 bits per heavy atom. The van der Waals surface area contributed by atoms with Crippen molar-refractivity contribution in [2.45, 2.75) is 6.92 Å². The van der Waals surface area contributed by atoms with Crippen LogP contribution in [0.3, 0.4) is 0 Å². The number of hydrogen-bond acceptors (Lipinski definition) is 4. The zero-order chi connectivity index (χ0) is 16.4. The van der Waals surface area contributed by atoms with Crippen molar-refractivity contribution >= 4 is 17.6 Å². The SMILES string of the molecule is CC(=O)Nc1ccccc1-c1cc2c(c(C(=O)O)c1)OCCO2. The lowest BCUT2D eigenvalue weighted by molar-refractivity contribution is -0.114. The maximum Gasteiger partial charge on any atom is 0.339 e. The van der Waals surface area contributed by atoms with Crippen LogP contribution in [0, 0.1) is 0 Å². The number of nitrogens with one attached hydrogen (secondary N) is 1. The fourth-order valence-electron chi connectivity index (χ4n) is 2.50. The maximum atomic E-state index is 11.5. The van der Waals surface area contributed by atoms with Crippen molar-refractivity contribution in [2.24, 2.45) is 0 Å². The first-order valence-electron chi connectivity index (χ1n) is 7.10. The number of aromatic carboxylic acids is 1. The highest BCUT2D eigenvalue weighted by Crippen LogP contribution is 2.40. The molecule has 3 rings (SSSR count).